The molecule has 1 heterocycles. The summed E-state index contributed by atoms with van der Waals surface area (Å²) >= 11 is 1.26. The summed E-state index contributed by atoms with van der Waals surface area (Å²) in [6.07, 6.45) is 1.59. The van der Waals surface area contributed by atoms with Gasteiger partial charge in [-0.15, -0.1) is 0 Å². The normalized spacial score (nSPS) is 16.8. The van der Waals surface area contributed by atoms with Crippen molar-refractivity contribution in [3.63, 3.8) is 0 Å². The van der Waals surface area contributed by atoms with E-state index in [4.69, 9.17) is 4.99 Å². The molecule has 0 aromatic heterocycles. The molecule has 0 atom stereocenters. The quantitative estimate of drug-likeness (QED) is 0.485. The summed E-state index contributed by atoms with van der Waals surface area (Å²) in [5, 5.41) is 0.557. The van der Waals surface area contributed by atoms with Crippen LogP contribution in [0.3, 0.4) is 0 Å². The van der Waals surface area contributed by atoms with Crippen molar-refractivity contribution in [2.24, 2.45) is 4.99 Å². The van der Waals surface area contributed by atoms with E-state index in [1.54, 1.807) is 29.2 Å². The minimum absolute atomic E-state index is 0.213. The third-order valence-electron chi connectivity index (χ3n) is 4.66. The van der Waals surface area contributed by atoms with Gasteiger partial charge in [-0.1, -0.05) is 54.6 Å². The van der Waals surface area contributed by atoms with Crippen LogP contribution < -0.4 is 4.90 Å². The maximum Gasteiger partial charge on any atom is 0.271 e. The second kappa shape index (κ2) is 8.05. The van der Waals surface area contributed by atoms with E-state index in [9.17, 15) is 9.18 Å². The maximum absolute atomic E-state index is 14.1. The average molecular weight is 402 g/mol. The number of aryl methyl sites for hydroxylation is 2. The third kappa shape index (κ3) is 3.87. The van der Waals surface area contributed by atoms with Crippen molar-refractivity contribution in [2.45, 2.75) is 13.8 Å². The summed E-state index contributed by atoms with van der Waals surface area (Å²) in [7, 11) is 0. The van der Waals surface area contributed by atoms with Gasteiger partial charge in [0.25, 0.3) is 5.91 Å². The van der Waals surface area contributed by atoms with Crippen LogP contribution in [0.1, 0.15) is 16.7 Å². The van der Waals surface area contributed by atoms with E-state index in [0.717, 1.165) is 22.5 Å². The van der Waals surface area contributed by atoms with Crippen molar-refractivity contribution in [1.29, 1.82) is 0 Å². The molecule has 0 bridgehead atoms. The number of nitrogens with zero attached hydrogens (tertiary/aromatic N) is 2. The van der Waals surface area contributed by atoms with Gasteiger partial charge in [-0.05, 0) is 61.0 Å². The Kier molecular flexibility index (Phi) is 5.32. The molecule has 0 unspecified atom stereocenters. The monoisotopic (exact) mass is 402 g/mol. The first-order valence-corrected chi connectivity index (χ1v) is 10.0. The van der Waals surface area contributed by atoms with Gasteiger partial charge in [0.1, 0.15) is 5.82 Å². The third-order valence-corrected chi connectivity index (χ3v) is 5.63. The summed E-state index contributed by atoms with van der Waals surface area (Å²) in [6.45, 7) is 3.99. The molecule has 3 aromatic carbocycles. The molecule has 5 heteroatoms. The highest BCUT2D eigenvalue weighted by molar-refractivity contribution is 8.19. The fourth-order valence-electron chi connectivity index (χ4n) is 3.16. The molecule has 0 saturated carbocycles. The van der Waals surface area contributed by atoms with Crippen LogP contribution in [-0.2, 0) is 4.79 Å². The number of anilines is 1. The zero-order valence-corrected chi connectivity index (χ0v) is 16.9. The summed E-state index contributed by atoms with van der Waals surface area (Å²) in [5.74, 6) is -0.575. The molecule has 1 saturated heterocycles. The molecule has 0 aliphatic carbocycles. The molecule has 1 fully saturated rings. The molecule has 1 amide bonds. The van der Waals surface area contributed by atoms with Crippen molar-refractivity contribution in [3.05, 3.63) is 100 Å². The number of benzene rings is 3. The van der Waals surface area contributed by atoms with Crippen LogP contribution in [0.25, 0.3) is 6.08 Å². The molecule has 4 rings (SSSR count). The topological polar surface area (TPSA) is 32.7 Å². The number of halogens is 1. The number of thioether (sulfide) groups is 1. The van der Waals surface area contributed by atoms with Gasteiger partial charge in [0.2, 0.25) is 0 Å². The second-order valence-corrected chi connectivity index (χ2v) is 7.75. The Morgan fingerprint density at radius 2 is 1.55 bits per heavy atom. The molecule has 0 spiro atoms. The van der Waals surface area contributed by atoms with Crippen molar-refractivity contribution in [1.82, 2.24) is 0 Å². The summed E-state index contributed by atoms with van der Waals surface area (Å²) < 4.78 is 14.1. The summed E-state index contributed by atoms with van der Waals surface area (Å²) in [5.41, 5.74) is 4.02. The molecular formula is C24H19FN2OS. The van der Waals surface area contributed by atoms with E-state index >= 15 is 0 Å². The molecule has 3 aromatic rings. The Balaban J connectivity index is 1.83. The predicted molar refractivity (Wildman–Crippen MR) is 119 cm³/mol. The van der Waals surface area contributed by atoms with Crippen molar-refractivity contribution < 1.29 is 9.18 Å². The number of carbonyl (C=O) groups is 1. The smallest absolute Gasteiger partial charge is 0.268 e. The minimum atomic E-state index is -0.361. The van der Waals surface area contributed by atoms with Crippen LogP contribution in [0.2, 0.25) is 0 Å². The summed E-state index contributed by atoms with van der Waals surface area (Å²) in [4.78, 5) is 20.1. The van der Waals surface area contributed by atoms with E-state index in [-0.39, 0.29) is 11.7 Å². The Morgan fingerprint density at radius 3 is 2.24 bits per heavy atom. The Hall–Kier alpha value is -3.18. The highest BCUT2D eigenvalue weighted by atomic mass is 32.2. The lowest BCUT2D eigenvalue weighted by molar-refractivity contribution is -0.113. The van der Waals surface area contributed by atoms with Crippen LogP contribution in [0, 0.1) is 19.7 Å². The zero-order chi connectivity index (χ0) is 20.4. The number of amides is 1. The second-order valence-electron chi connectivity index (χ2n) is 6.74. The predicted octanol–water partition coefficient (Wildman–Crippen LogP) is 6.25. The SMILES string of the molecule is Cc1cccc(C)c1N=C1SC(=Cc2ccccc2F)C(=O)N1c1ccccc1. The van der Waals surface area contributed by atoms with E-state index in [0.29, 0.717) is 15.6 Å². The Morgan fingerprint density at radius 1 is 0.897 bits per heavy atom. The van der Waals surface area contributed by atoms with Crippen LogP contribution >= 0.6 is 11.8 Å². The Bertz CT molecular complexity index is 1120. The van der Waals surface area contributed by atoms with Crippen molar-refractivity contribution in [3.8, 4) is 0 Å². The minimum Gasteiger partial charge on any atom is -0.268 e. The summed E-state index contributed by atoms with van der Waals surface area (Å²) in [6, 6.07) is 21.8. The van der Waals surface area contributed by atoms with E-state index in [1.807, 2.05) is 62.4 Å². The maximum atomic E-state index is 14.1. The lowest BCUT2D eigenvalue weighted by Gasteiger charge is -2.16. The van der Waals surface area contributed by atoms with Gasteiger partial charge in [0.15, 0.2) is 5.17 Å². The molecule has 0 radical (unpaired) electrons. The average Bonchev–Trinajstić information content (AvgIpc) is 3.02. The fraction of sp³-hybridized carbons (Fsp3) is 0.0833. The molecule has 29 heavy (non-hydrogen) atoms. The number of para-hydroxylation sites is 2. The largest absolute Gasteiger partial charge is 0.271 e. The van der Waals surface area contributed by atoms with Crippen molar-refractivity contribution >= 4 is 40.3 Å². The lowest BCUT2D eigenvalue weighted by Crippen LogP contribution is -2.28. The molecular weight excluding hydrogens is 383 g/mol. The molecule has 1 aliphatic heterocycles. The van der Waals surface area contributed by atoms with Gasteiger partial charge in [0.05, 0.1) is 16.3 Å². The first-order valence-electron chi connectivity index (χ1n) is 9.23. The Labute approximate surface area is 173 Å². The number of aliphatic imine (C=N–C) groups is 1. The van der Waals surface area contributed by atoms with Crippen LogP contribution in [-0.4, -0.2) is 11.1 Å². The lowest BCUT2D eigenvalue weighted by atomic mass is 10.1. The first kappa shape index (κ1) is 19.2. The van der Waals surface area contributed by atoms with E-state index in [2.05, 4.69) is 0 Å². The zero-order valence-electron chi connectivity index (χ0n) is 16.1. The van der Waals surface area contributed by atoms with Crippen molar-refractivity contribution in [2.75, 3.05) is 4.90 Å². The fourth-order valence-corrected chi connectivity index (χ4v) is 4.14. The number of hydrogen-bond donors (Lipinski definition) is 0. The molecule has 0 N–H and O–H groups in total. The van der Waals surface area contributed by atoms with Gasteiger partial charge in [-0.2, -0.15) is 0 Å². The standard InChI is InChI=1S/C24H19FN2OS/c1-16-9-8-10-17(2)22(16)26-24-27(19-12-4-3-5-13-19)23(28)21(29-24)15-18-11-6-7-14-20(18)25/h3-15H,1-2H3. The highest BCUT2D eigenvalue weighted by Crippen LogP contribution is 2.38. The molecule has 3 nitrogen and oxygen atoms in total. The van der Waals surface area contributed by atoms with Gasteiger partial charge in [0, 0.05) is 5.56 Å². The first-order chi connectivity index (χ1) is 14.0. The van der Waals surface area contributed by atoms with E-state index in [1.165, 1.54) is 17.8 Å². The van der Waals surface area contributed by atoms with Crippen LogP contribution in [0.5, 0.6) is 0 Å². The van der Waals surface area contributed by atoms with Crippen LogP contribution in [0.4, 0.5) is 15.8 Å². The van der Waals surface area contributed by atoms with Gasteiger partial charge < -0.3 is 0 Å². The highest BCUT2D eigenvalue weighted by Gasteiger charge is 2.35. The molecule has 144 valence electrons. The van der Waals surface area contributed by atoms with Gasteiger partial charge in [-0.25, -0.2) is 9.38 Å². The molecule has 1 aliphatic rings. The number of hydrogen-bond acceptors (Lipinski definition) is 3. The number of rotatable bonds is 3. The van der Waals surface area contributed by atoms with Gasteiger partial charge in [-0.3, -0.25) is 9.69 Å². The van der Waals surface area contributed by atoms with E-state index < -0.39 is 0 Å². The van der Waals surface area contributed by atoms with Crippen LogP contribution in [0.15, 0.2) is 82.7 Å². The number of amidine groups is 1. The van der Waals surface area contributed by atoms with Gasteiger partial charge >= 0.3 is 0 Å². The number of carbonyl (C=O) groups excluding carboxylic acids is 1.